The third-order valence-electron chi connectivity index (χ3n) is 13.2. The average Bonchev–Trinajstić information content (AvgIpc) is 3.26. The Balaban J connectivity index is 2.19. The van der Waals surface area contributed by atoms with Gasteiger partial charge in [0.25, 0.3) is 0 Å². The van der Waals surface area contributed by atoms with Gasteiger partial charge < -0.3 is 40.3 Å². The molecule has 1 rings (SSSR count). The summed E-state index contributed by atoms with van der Waals surface area (Å²) in [6.45, 7) is 3.87. The Bertz CT molecular complexity index is 924. The summed E-state index contributed by atoms with van der Waals surface area (Å²) in [5, 5.41) is 54.5. The lowest BCUT2D eigenvalue weighted by atomic mass is 9.99. The number of nitrogens with one attached hydrogen (secondary N) is 1. The summed E-state index contributed by atoms with van der Waals surface area (Å²) in [5.74, 6) is -0.138. The number of aliphatic hydroxyl groups excluding tert-OH is 5. The molecule has 0 saturated carbocycles. The van der Waals surface area contributed by atoms with Gasteiger partial charge in [0.15, 0.2) is 6.29 Å². The molecule has 1 aliphatic rings. The number of carbonyl (C=O) groups is 1. The van der Waals surface area contributed by atoms with Crippen LogP contribution in [0, 0.1) is 0 Å². The van der Waals surface area contributed by atoms with Crippen molar-refractivity contribution in [2.24, 2.45) is 0 Å². The normalized spacial score (nSPS) is 20.3. The minimum Gasteiger partial charge on any atom is -0.394 e. The predicted molar refractivity (Wildman–Crippen MR) is 254 cm³/mol. The number of unbranched alkanes of at least 4 members (excludes halogenated alkanes) is 36. The van der Waals surface area contributed by atoms with Crippen molar-refractivity contribution in [2.45, 2.75) is 314 Å². The van der Waals surface area contributed by atoms with Gasteiger partial charge in [-0.3, -0.25) is 4.79 Å². The number of rotatable bonds is 46. The van der Waals surface area contributed by atoms with E-state index in [0.717, 1.165) is 38.5 Å². The summed E-state index contributed by atoms with van der Waals surface area (Å²) in [4.78, 5) is 13.0. The first-order valence-electron chi connectivity index (χ1n) is 26.7. The summed E-state index contributed by atoms with van der Waals surface area (Å²) in [5.41, 5.74) is 0. The first-order valence-corrected chi connectivity index (χ1v) is 26.7. The van der Waals surface area contributed by atoms with Crippen LogP contribution >= 0.6 is 0 Å². The van der Waals surface area contributed by atoms with Gasteiger partial charge in [0.2, 0.25) is 5.91 Å². The maximum absolute atomic E-state index is 13.0. The van der Waals surface area contributed by atoms with E-state index in [2.05, 4.69) is 19.2 Å². The number of hydrogen-bond donors (Lipinski definition) is 6. The van der Waals surface area contributed by atoms with Crippen LogP contribution in [0.15, 0.2) is 0 Å². The van der Waals surface area contributed by atoms with Crippen molar-refractivity contribution in [3.05, 3.63) is 0 Å². The van der Waals surface area contributed by atoms with Crippen LogP contribution in [0.1, 0.15) is 271 Å². The highest BCUT2D eigenvalue weighted by Gasteiger charge is 2.44. The number of hydrogen-bond acceptors (Lipinski definition) is 8. The zero-order chi connectivity index (χ0) is 44.4. The smallest absolute Gasteiger partial charge is 0.220 e. The van der Waals surface area contributed by atoms with E-state index in [1.54, 1.807) is 0 Å². The van der Waals surface area contributed by atoms with Gasteiger partial charge >= 0.3 is 0 Å². The quantitative estimate of drug-likeness (QED) is 0.0331. The molecule has 0 bridgehead atoms. The van der Waals surface area contributed by atoms with Gasteiger partial charge in [0, 0.05) is 6.42 Å². The number of aliphatic hydroxyl groups is 5. The lowest BCUT2D eigenvalue weighted by Crippen LogP contribution is -2.60. The van der Waals surface area contributed by atoms with Crippen LogP contribution in [0.2, 0.25) is 0 Å². The minimum atomic E-state index is -1.55. The summed E-state index contributed by atoms with van der Waals surface area (Å²) in [6.07, 6.45) is 42.7. The highest BCUT2D eigenvalue weighted by molar-refractivity contribution is 5.76. The van der Waals surface area contributed by atoms with Gasteiger partial charge in [-0.15, -0.1) is 0 Å². The second kappa shape index (κ2) is 43.1. The topological polar surface area (TPSA) is 149 Å². The maximum atomic E-state index is 13.0. The Morgan fingerprint density at radius 1 is 0.492 bits per heavy atom. The van der Waals surface area contributed by atoms with Crippen LogP contribution in [0.4, 0.5) is 0 Å². The molecule has 9 nitrogen and oxygen atoms in total. The summed E-state index contributed by atoms with van der Waals surface area (Å²) >= 11 is 0. The first kappa shape index (κ1) is 58.2. The Kier molecular flexibility index (Phi) is 41.1. The van der Waals surface area contributed by atoms with Crippen LogP contribution in [0.5, 0.6) is 0 Å². The molecule has 1 saturated heterocycles. The molecule has 0 radical (unpaired) electrons. The van der Waals surface area contributed by atoms with Crippen molar-refractivity contribution in [3.63, 3.8) is 0 Å². The van der Waals surface area contributed by atoms with Gasteiger partial charge in [0.05, 0.1) is 25.4 Å². The monoisotopic (exact) mass is 870 g/mol. The molecule has 1 aliphatic heterocycles. The van der Waals surface area contributed by atoms with Crippen molar-refractivity contribution in [1.82, 2.24) is 5.32 Å². The highest BCUT2D eigenvalue weighted by Crippen LogP contribution is 2.23. The number of amides is 1. The fraction of sp³-hybridized carbons (Fsp3) is 0.981. The third-order valence-corrected chi connectivity index (χ3v) is 13.2. The highest BCUT2D eigenvalue weighted by atomic mass is 16.7. The molecule has 6 N–H and O–H groups in total. The second-order valence-electron chi connectivity index (χ2n) is 19.0. The zero-order valence-electron chi connectivity index (χ0n) is 40.2. The lowest BCUT2D eigenvalue weighted by Gasteiger charge is -2.40. The SMILES string of the molecule is CCCCCCCCCCCCCCCCCCCCCCCCCCC(=O)N[C@@H](CO[C@@H]1O[C@H](CO)[C@H](O)C(O)C1O)[C@H](O)CCCCCCCCCCCCCCCC. The molecule has 1 fully saturated rings. The van der Waals surface area contributed by atoms with E-state index in [4.69, 9.17) is 9.47 Å². The molecule has 0 spiro atoms. The molecule has 0 aromatic heterocycles. The Morgan fingerprint density at radius 2 is 0.820 bits per heavy atom. The Labute approximate surface area is 376 Å². The Hall–Kier alpha value is -0.810. The van der Waals surface area contributed by atoms with Gasteiger partial charge in [-0.2, -0.15) is 0 Å². The number of carbonyl (C=O) groups excluding carboxylic acids is 1. The molecular formula is C52H103NO8. The zero-order valence-corrected chi connectivity index (χ0v) is 40.2. The number of ether oxygens (including phenoxy) is 2. The van der Waals surface area contributed by atoms with Crippen molar-refractivity contribution in [1.29, 1.82) is 0 Å². The fourth-order valence-electron chi connectivity index (χ4n) is 8.93. The van der Waals surface area contributed by atoms with Crippen LogP contribution in [-0.2, 0) is 14.3 Å². The van der Waals surface area contributed by atoms with Gasteiger partial charge in [0.1, 0.15) is 24.4 Å². The standard InChI is InChI=1S/C52H103NO8/c1-3-5-7-9-11-13-15-17-19-20-21-22-23-24-25-26-27-28-30-32-34-36-38-40-42-48(56)53-45(44-60-52-51(59)50(58)49(57)47(43-54)61-52)46(55)41-39-37-35-33-31-29-18-16-14-12-10-8-6-4-2/h45-47,49-52,54-55,57-59H,3-44H2,1-2H3,(H,53,56)/t45-,46+,47+,49-,50?,51?,52+/m0/s1. The van der Waals surface area contributed by atoms with Gasteiger partial charge in [-0.1, -0.05) is 251 Å². The molecule has 1 amide bonds. The molecule has 0 aromatic carbocycles. The molecule has 0 aromatic rings. The van der Waals surface area contributed by atoms with Crippen molar-refractivity contribution < 1.29 is 39.8 Å². The van der Waals surface area contributed by atoms with Crippen molar-refractivity contribution in [2.75, 3.05) is 13.2 Å². The summed E-state index contributed by atoms with van der Waals surface area (Å²) in [7, 11) is 0. The summed E-state index contributed by atoms with van der Waals surface area (Å²) < 4.78 is 11.3. The second-order valence-corrected chi connectivity index (χ2v) is 19.0. The van der Waals surface area contributed by atoms with Crippen LogP contribution in [0.3, 0.4) is 0 Å². The fourth-order valence-corrected chi connectivity index (χ4v) is 8.93. The van der Waals surface area contributed by atoms with E-state index in [-0.39, 0.29) is 12.5 Å². The minimum absolute atomic E-state index is 0.131. The predicted octanol–water partition coefficient (Wildman–Crippen LogP) is 12.3. The van der Waals surface area contributed by atoms with Gasteiger partial charge in [-0.25, -0.2) is 0 Å². The van der Waals surface area contributed by atoms with Crippen molar-refractivity contribution in [3.8, 4) is 0 Å². The molecule has 364 valence electrons. The van der Waals surface area contributed by atoms with E-state index in [0.29, 0.717) is 12.8 Å². The van der Waals surface area contributed by atoms with E-state index in [1.807, 2.05) is 0 Å². The van der Waals surface area contributed by atoms with E-state index < -0.39 is 49.5 Å². The van der Waals surface area contributed by atoms with Crippen molar-refractivity contribution >= 4 is 5.91 Å². The first-order chi connectivity index (χ1) is 29.8. The van der Waals surface area contributed by atoms with Gasteiger partial charge in [-0.05, 0) is 12.8 Å². The molecule has 0 aliphatic carbocycles. The average molecular weight is 870 g/mol. The largest absolute Gasteiger partial charge is 0.394 e. The molecule has 9 heteroatoms. The van der Waals surface area contributed by atoms with Crippen LogP contribution < -0.4 is 5.32 Å². The Morgan fingerprint density at radius 3 is 1.16 bits per heavy atom. The molecule has 2 unspecified atom stereocenters. The van der Waals surface area contributed by atoms with E-state index in [9.17, 15) is 30.3 Å². The maximum Gasteiger partial charge on any atom is 0.220 e. The van der Waals surface area contributed by atoms with E-state index >= 15 is 0 Å². The lowest BCUT2D eigenvalue weighted by molar-refractivity contribution is -0.302. The third kappa shape index (κ3) is 33.3. The molecule has 7 atom stereocenters. The molecule has 61 heavy (non-hydrogen) atoms. The van der Waals surface area contributed by atoms with Crippen LogP contribution in [0.25, 0.3) is 0 Å². The summed E-state index contributed by atoms with van der Waals surface area (Å²) in [6, 6.07) is -0.712. The van der Waals surface area contributed by atoms with E-state index in [1.165, 1.54) is 205 Å². The van der Waals surface area contributed by atoms with Crippen LogP contribution in [-0.4, -0.2) is 87.5 Å². The molecule has 1 heterocycles. The molecular weight excluding hydrogens is 767 g/mol.